The SMILES string of the molecule is CC(C)NC(=O)CSc1nc2c(cnn2-c2cccc(Cl)c2)c(=O)[nH]1. The fraction of sp³-hybridized carbons (Fsp3) is 0.250. The molecule has 0 spiro atoms. The summed E-state index contributed by atoms with van der Waals surface area (Å²) in [5.41, 5.74) is 0.817. The van der Waals surface area contributed by atoms with Crippen LogP contribution in [0, 0.1) is 0 Å². The van der Waals surface area contributed by atoms with Crippen molar-refractivity contribution in [3.8, 4) is 5.69 Å². The Kier molecular flexibility index (Phi) is 5.10. The number of thioether (sulfide) groups is 1. The molecule has 2 aromatic heterocycles. The van der Waals surface area contributed by atoms with Crippen LogP contribution in [0.25, 0.3) is 16.7 Å². The number of rotatable bonds is 5. The van der Waals surface area contributed by atoms with Crippen molar-refractivity contribution < 1.29 is 4.79 Å². The summed E-state index contributed by atoms with van der Waals surface area (Å²) in [5, 5.41) is 8.32. The minimum absolute atomic E-state index is 0.0619. The molecule has 0 fully saturated rings. The standard InChI is InChI=1S/C16H16ClN5O2S/c1-9(2)19-13(23)8-25-16-20-14-12(15(24)21-16)7-18-22(14)11-5-3-4-10(17)6-11/h3-7,9H,8H2,1-2H3,(H,19,23)(H,20,21,24). The van der Waals surface area contributed by atoms with E-state index in [-0.39, 0.29) is 23.3 Å². The molecule has 0 atom stereocenters. The van der Waals surface area contributed by atoms with Crippen LogP contribution in [0.1, 0.15) is 13.8 Å². The average molecular weight is 378 g/mol. The number of fused-ring (bicyclic) bond motifs is 1. The molecule has 0 saturated heterocycles. The van der Waals surface area contributed by atoms with E-state index in [2.05, 4.69) is 20.4 Å². The van der Waals surface area contributed by atoms with E-state index in [0.29, 0.717) is 26.9 Å². The highest BCUT2D eigenvalue weighted by molar-refractivity contribution is 7.99. The van der Waals surface area contributed by atoms with Gasteiger partial charge < -0.3 is 10.3 Å². The maximum Gasteiger partial charge on any atom is 0.262 e. The van der Waals surface area contributed by atoms with Gasteiger partial charge in [0.05, 0.1) is 17.6 Å². The van der Waals surface area contributed by atoms with Gasteiger partial charge in [-0.25, -0.2) is 9.67 Å². The second-order valence-electron chi connectivity index (χ2n) is 5.66. The van der Waals surface area contributed by atoms with E-state index in [0.717, 1.165) is 11.8 Å². The predicted octanol–water partition coefficient (Wildman–Crippen LogP) is 2.38. The second-order valence-corrected chi connectivity index (χ2v) is 7.06. The molecule has 0 aliphatic heterocycles. The second kappa shape index (κ2) is 7.28. The van der Waals surface area contributed by atoms with Gasteiger partial charge >= 0.3 is 0 Å². The minimum Gasteiger partial charge on any atom is -0.353 e. The highest BCUT2D eigenvalue weighted by atomic mass is 35.5. The first kappa shape index (κ1) is 17.5. The Bertz CT molecular complexity index is 982. The van der Waals surface area contributed by atoms with Crippen molar-refractivity contribution >= 4 is 40.3 Å². The maximum absolute atomic E-state index is 12.2. The molecule has 3 rings (SSSR count). The summed E-state index contributed by atoms with van der Waals surface area (Å²) in [7, 11) is 0. The Hall–Kier alpha value is -2.32. The van der Waals surface area contributed by atoms with Gasteiger partial charge in [0.2, 0.25) is 5.91 Å². The molecule has 130 valence electrons. The number of carbonyl (C=O) groups is 1. The van der Waals surface area contributed by atoms with Crippen LogP contribution in [0.2, 0.25) is 5.02 Å². The van der Waals surface area contributed by atoms with Crippen molar-refractivity contribution in [2.24, 2.45) is 0 Å². The molecule has 2 heterocycles. The number of benzene rings is 1. The van der Waals surface area contributed by atoms with Gasteiger partial charge in [0.25, 0.3) is 5.56 Å². The molecule has 9 heteroatoms. The number of hydrogen-bond donors (Lipinski definition) is 2. The maximum atomic E-state index is 12.2. The van der Waals surface area contributed by atoms with E-state index >= 15 is 0 Å². The zero-order chi connectivity index (χ0) is 18.0. The molecule has 2 N–H and O–H groups in total. The average Bonchev–Trinajstić information content (AvgIpc) is 2.97. The Morgan fingerprint density at radius 3 is 2.96 bits per heavy atom. The highest BCUT2D eigenvalue weighted by Gasteiger charge is 2.13. The van der Waals surface area contributed by atoms with E-state index in [9.17, 15) is 9.59 Å². The third-order valence-corrected chi connectivity index (χ3v) is 4.37. The van der Waals surface area contributed by atoms with Gasteiger partial charge in [0.1, 0.15) is 5.39 Å². The van der Waals surface area contributed by atoms with E-state index < -0.39 is 0 Å². The molecule has 0 aliphatic rings. The van der Waals surface area contributed by atoms with Crippen LogP contribution >= 0.6 is 23.4 Å². The van der Waals surface area contributed by atoms with Crippen LogP contribution in [0.15, 0.2) is 40.4 Å². The number of amides is 1. The Morgan fingerprint density at radius 2 is 2.24 bits per heavy atom. The van der Waals surface area contributed by atoms with Gasteiger partial charge in [-0.05, 0) is 32.0 Å². The lowest BCUT2D eigenvalue weighted by molar-refractivity contribution is -0.119. The van der Waals surface area contributed by atoms with Gasteiger partial charge in [-0.3, -0.25) is 9.59 Å². The normalized spacial score (nSPS) is 11.2. The van der Waals surface area contributed by atoms with Gasteiger partial charge in [0, 0.05) is 11.1 Å². The van der Waals surface area contributed by atoms with Gasteiger partial charge in [0.15, 0.2) is 10.8 Å². The van der Waals surface area contributed by atoms with Gasteiger partial charge in [-0.2, -0.15) is 5.10 Å². The van der Waals surface area contributed by atoms with E-state index in [1.54, 1.807) is 22.9 Å². The summed E-state index contributed by atoms with van der Waals surface area (Å²) in [6.45, 7) is 3.77. The number of hydrogen-bond acceptors (Lipinski definition) is 5. The number of nitrogens with one attached hydrogen (secondary N) is 2. The predicted molar refractivity (Wildman–Crippen MR) is 98.5 cm³/mol. The number of H-pyrrole nitrogens is 1. The Labute approximate surface area is 152 Å². The summed E-state index contributed by atoms with van der Waals surface area (Å²) in [6, 6.07) is 7.17. The molecule has 1 amide bonds. The van der Waals surface area contributed by atoms with Crippen LogP contribution in [0.5, 0.6) is 0 Å². The summed E-state index contributed by atoms with van der Waals surface area (Å²) < 4.78 is 1.55. The molecular formula is C16H16ClN5O2S. The lowest BCUT2D eigenvalue weighted by atomic mass is 10.3. The zero-order valence-electron chi connectivity index (χ0n) is 13.6. The monoisotopic (exact) mass is 377 g/mol. The third kappa shape index (κ3) is 4.02. The number of carbonyl (C=O) groups excluding carboxylic acids is 1. The summed E-state index contributed by atoms with van der Waals surface area (Å²) in [4.78, 5) is 31.1. The van der Waals surface area contributed by atoms with E-state index in [1.165, 1.54) is 6.20 Å². The molecule has 1 aromatic carbocycles. The lowest BCUT2D eigenvalue weighted by Crippen LogP contribution is -2.31. The first-order valence-electron chi connectivity index (χ1n) is 7.60. The van der Waals surface area contributed by atoms with Crippen LogP contribution in [0.4, 0.5) is 0 Å². The quantitative estimate of drug-likeness (QED) is 0.526. The first-order valence-corrected chi connectivity index (χ1v) is 8.96. The molecule has 0 saturated carbocycles. The topological polar surface area (TPSA) is 92.7 Å². The van der Waals surface area contributed by atoms with Crippen molar-refractivity contribution in [2.75, 3.05) is 5.75 Å². The number of aromatic amines is 1. The first-order chi connectivity index (χ1) is 11.9. The highest BCUT2D eigenvalue weighted by Crippen LogP contribution is 2.19. The largest absolute Gasteiger partial charge is 0.353 e. The molecule has 7 nitrogen and oxygen atoms in total. The van der Waals surface area contributed by atoms with Crippen molar-refractivity contribution in [3.05, 3.63) is 45.8 Å². The van der Waals surface area contributed by atoms with Crippen LogP contribution in [0.3, 0.4) is 0 Å². The fourth-order valence-corrected chi connectivity index (χ4v) is 3.11. The number of nitrogens with zero attached hydrogens (tertiary/aromatic N) is 3. The van der Waals surface area contributed by atoms with E-state index in [1.807, 2.05) is 19.9 Å². The molecule has 0 radical (unpaired) electrons. The van der Waals surface area contributed by atoms with Gasteiger partial charge in [-0.15, -0.1) is 0 Å². The summed E-state index contributed by atoms with van der Waals surface area (Å²) in [5.74, 6) is 0.0453. The molecule has 25 heavy (non-hydrogen) atoms. The molecular weight excluding hydrogens is 362 g/mol. The van der Waals surface area contributed by atoms with Crippen LogP contribution in [-0.2, 0) is 4.79 Å². The van der Waals surface area contributed by atoms with Crippen molar-refractivity contribution in [2.45, 2.75) is 25.0 Å². The van der Waals surface area contributed by atoms with E-state index in [4.69, 9.17) is 11.6 Å². The summed E-state index contributed by atoms with van der Waals surface area (Å²) >= 11 is 7.19. The zero-order valence-corrected chi connectivity index (χ0v) is 15.2. The van der Waals surface area contributed by atoms with Crippen molar-refractivity contribution in [3.63, 3.8) is 0 Å². The van der Waals surface area contributed by atoms with Crippen molar-refractivity contribution in [1.29, 1.82) is 0 Å². The smallest absolute Gasteiger partial charge is 0.262 e. The Morgan fingerprint density at radius 1 is 1.44 bits per heavy atom. The fourth-order valence-electron chi connectivity index (χ4n) is 2.26. The molecule has 3 aromatic rings. The number of halogens is 1. The number of aromatic nitrogens is 4. The van der Waals surface area contributed by atoms with Crippen molar-refractivity contribution in [1.82, 2.24) is 25.1 Å². The molecule has 0 unspecified atom stereocenters. The van der Waals surface area contributed by atoms with Crippen LogP contribution < -0.4 is 10.9 Å². The summed E-state index contributed by atoms with van der Waals surface area (Å²) in [6.07, 6.45) is 1.46. The molecule has 0 aliphatic carbocycles. The van der Waals surface area contributed by atoms with Gasteiger partial charge in [-0.1, -0.05) is 29.4 Å². The Balaban J connectivity index is 1.93. The van der Waals surface area contributed by atoms with Crippen LogP contribution in [-0.4, -0.2) is 37.5 Å². The molecule has 0 bridgehead atoms. The lowest BCUT2D eigenvalue weighted by Gasteiger charge is -2.08. The minimum atomic E-state index is -0.301. The third-order valence-electron chi connectivity index (χ3n) is 3.26.